The molecule has 64 valence electrons. The van der Waals surface area contributed by atoms with E-state index in [1.54, 1.807) is 12.1 Å². The minimum absolute atomic E-state index is 0.254. The maximum absolute atomic E-state index is 9.18. The molecule has 1 aromatic carbocycles. The average molecular weight is 165 g/mol. The van der Waals surface area contributed by atoms with Gasteiger partial charge in [-0.2, -0.15) is 0 Å². The number of benzene rings is 1. The van der Waals surface area contributed by atoms with E-state index in [-0.39, 0.29) is 5.75 Å². The zero-order chi connectivity index (χ0) is 8.55. The van der Waals surface area contributed by atoms with Crippen LogP contribution in [0.15, 0.2) is 18.2 Å². The molecule has 0 spiro atoms. The molecule has 0 aromatic heterocycles. The van der Waals surface area contributed by atoms with Crippen LogP contribution in [0, 0.1) is 0 Å². The summed E-state index contributed by atoms with van der Waals surface area (Å²) in [4.78, 5) is 2.11. The molecule has 3 heteroatoms. The first-order chi connectivity index (χ1) is 5.77. The standard InChI is InChI=1S/C9H11NO2/c1-10-4-5-12-9-6-7(11)2-3-8(9)10/h2-3,6,11H,4-5H2,1H3. The number of rotatable bonds is 0. The van der Waals surface area contributed by atoms with E-state index < -0.39 is 0 Å². The monoisotopic (exact) mass is 165 g/mol. The molecule has 0 aliphatic carbocycles. The van der Waals surface area contributed by atoms with Crippen molar-refractivity contribution in [3.8, 4) is 11.5 Å². The highest BCUT2D eigenvalue weighted by molar-refractivity contribution is 5.61. The lowest BCUT2D eigenvalue weighted by atomic mass is 10.2. The molecule has 1 aliphatic heterocycles. The summed E-state index contributed by atoms with van der Waals surface area (Å²) in [6, 6.07) is 5.18. The van der Waals surface area contributed by atoms with Crippen molar-refractivity contribution in [1.82, 2.24) is 0 Å². The van der Waals surface area contributed by atoms with Gasteiger partial charge in [0, 0.05) is 13.1 Å². The number of fused-ring (bicyclic) bond motifs is 1. The third-order valence-corrected chi connectivity index (χ3v) is 2.04. The Morgan fingerprint density at radius 2 is 2.33 bits per heavy atom. The first kappa shape index (κ1) is 7.28. The molecule has 3 nitrogen and oxygen atoms in total. The van der Waals surface area contributed by atoms with Crippen molar-refractivity contribution in [2.24, 2.45) is 0 Å². The number of hydrogen-bond acceptors (Lipinski definition) is 3. The lowest BCUT2D eigenvalue weighted by Crippen LogP contribution is -2.28. The van der Waals surface area contributed by atoms with Crippen LogP contribution in [0.3, 0.4) is 0 Å². The second-order valence-corrected chi connectivity index (χ2v) is 2.92. The van der Waals surface area contributed by atoms with Crippen LogP contribution >= 0.6 is 0 Å². The number of aromatic hydroxyl groups is 1. The molecule has 1 aromatic rings. The van der Waals surface area contributed by atoms with Gasteiger partial charge in [-0.25, -0.2) is 0 Å². The lowest BCUT2D eigenvalue weighted by Gasteiger charge is -2.27. The fourth-order valence-electron chi connectivity index (χ4n) is 1.35. The third-order valence-electron chi connectivity index (χ3n) is 2.04. The van der Waals surface area contributed by atoms with Crippen molar-refractivity contribution in [1.29, 1.82) is 0 Å². The van der Waals surface area contributed by atoms with Crippen LogP contribution in [0.5, 0.6) is 11.5 Å². The summed E-state index contributed by atoms with van der Waals surface area (Å²) in [6.07, 6.45) is 0. The molecular formula is C9H11NO2. The second-order valence-electron chi connectivity index (χ2n) is 2.92. The Hall–Kier alpha value is -1.38. The van der Waals surface area contributed by atoms with Gasteiger partial charge in [0.15, 0.2) is 0 Å². The van der Waals surface area contributed by atoms with E-state index in [1.165, 1.54) is 0 Å². The number of phenolic OH excluding ortho intramolecular Hbond substituents is 1. The van der Waals surface area contributed by atoms with E-state index in [2.05, 4.69) is 4.90 Å². The van der Waals surface area contributed by atoms with E-state index in [1.807, 2.05) is 13.1 Å². The van der Waals surface area contributed by atoms with Crippen LogP contribution in [0.1, 0.15) is 0 Å². The molecule has 0 unspecified atom stereocenters. The predicted molar refractivity (Wildman–Crippen MR) is 46.9 cm³/mol. The number of likely N-dealkylation sites (N-methyl/N-ethyl adjacent to an activating group) is 1. The molecule has 0 fully saturated rings. The van der Waals surface area contributed by atoms with Crippen LogP contribution < -0.4 is 9.64 Å². The fraction of sp³-hybridized carbons (Fsp3) is 0.333. The summed E-state index contributed by atoms with van der Waals surface area (Å²) in [5.41, 5.74) is 1.04. The Morgan fingerprint density at radius 1 is 1.50 bits per heavy atom. The number of hydrogen-bond donors (Lipinski definition) is 1. The van der Waals surface area contributed by atoms with E-state index in [9.17, 15) is 5.11 Å². The molecular weight excluding hydrogens is 154 g/mol. The highest BCUT2D eigenvalue weighted by Crippen LogP contribution is 2.33. The van der Waals surface area contributed by atoms with Crippen molar-refractivity contribution >= 4 is 5.69 Å². The van der Waals surface area contributed by atoms with Gasteiger partial charge in [0.2, 0.25) is 0 Å². The topological polar surface area (TPSA) is 32.7 Å². The highest BCUT2D eigenvalue weighted by Gasteiger charge is 2.14. The van der Waals surface area contributed by atoms with Gasteiger partial charge in [0.05, 0.1) is 12.2 Å². The van der Waals surface area contributed by atoms with E-state index in [0.29, 0.717) is 6.61 Å². The molecule has 2 rings (SSSR count). The highest BCUT2D eigenvalue weighted by atomic mass is 16.5. The number of ether oxygens (including phenoxy) is 1. The minimum atomic E-state index is 0.254. The van der Waals surface area contributed by atoms with Crippen LogP contribution in [-0.2, 0) is 0 Å². The zero-order valence-electron chi connectivity index (χ0n) is 6.95. The van der Waals surface area contributed by atoms with Crippen LogP contribution in [0.25, 0.3) is 0 Å². The smallest absolute Gasteiger partial charge is 0.146 e. The molecule has 0 saturated carbocycles. The van der Waals surface area contributed by atoms with Gasteiger partial charge >= 0.3 is 0 Å². The van der Waals surface area contributed by atoms with Crippen LogP contribution in [-0.4, -0.2) is 25.3 Å². The minimum Gasteiger partial charge on any atom is -0.508 e. The number of nitrogens with zero attached hydrogens (tertiary/aromatic N) is 1. The molecule has 1 N–H and O–H groups in total. The van der Waals surface area contributed by atoms with Gasteiger partial charge < -0.3 is 14.7 Å². The Bertz CT molecular complexity index is 299. The quantitative estimate of drug-likeness (QED) is 0.627. The Kier molecular flexibility index (Phi) is 1.57. The maximum Gasteiger partial charge on any atom is 0.146 e. The van der Waals surface area contributed by atoms with Crippen LogP contribution in [0.4, 0.5) is 5.69 Å². The average Bonchev–Trinajstić information content (AvgIpc) is 2.04. The molecule has 0 bridgehead atoms. The van der Waals surface area contributed by atoms with Gasteiger partial charge in [-0.15, -0.1) is 0 Å². The summed E-state index contributed by atoms with van der Waals surface area (Å²) in [7, 11) is 2.01. The molecule has 1 aliphatic rings. The molecule has 12 heavy (non-hydrogen) atoms. The summed E-state index contributed by atoms with van der Waals surface area (Å²) in [6.45, 7) is 1.59. The number of phenols is 1. The Balaban J connectivity index is 2.46. The van der Waals surface area contributed by atoms with Gasteiger partial charge in [-0.3, -0.25) is 0 Å². The summed E-state index contributed by atoms with van der Waals surface area (Å²) in [5.74, 6) is 1.02. The largest absolute Gasteiger partial charge is 0.508 e. The van der Waals surface area contributed by atoms with Gasteiger partial charge in [0.25, 0.3) is 0 Å². The van der Waals surface area contributed by atoms with Gasteiger partial charge in [-0.05, 0) is 12.1 Å². The maximum atomic E-state index is 9.18. The molecule has 1 heterocycles. The first-order valence-electron chi connectivity index (χ1n) is 3.94. The molecule has 0 amide bonds. The third kappa shape index (κ3) is 1.07. The molecule has 0 atom stereocenters. The Labute approximate surface area is 71.2 Å². The van der Waals surface area contributed by atoms with Gasteiger partial charge in [0.1, 0.15) is 18.1 Å². The van der Waals surface area contributed by atoms with Crippen molar-refractivity contribution in [3.05, 3.63) is 18.2 Å². The summed E-state index contributed by atoms with van der Waals surface area (Å²) >= 11 is 0. The summed E-state index contributed by atoms with van der Waals surface area (Å²) < 4.78 is 5.37. The van der Waals surface area contributed by atoms with Crippen molar-refractivity contribution in [2.75, 3.05) is 25.1 Å². The van der Waals surface area contributed by atoms with Crippen molar-refractivity contribution in [3.63, 3.8) is 0 Å². The molecule has 0 radical (unpaired) electrons. The van der Waals surface area contributed by atoms with E-state index >= 15 is 0 Å². The summed E-state index contributed by atoms with van der Waals surface area (Å²) in [5, 5.41) is 9.18. The lowest BCUT2D eigenvalue weighted by molar-refractivity contribution is 0.309. The molecule has 0 saturated heterocycles. The van der Waals surface area contributed by atoms with Crippen LogP contribution in [0.2, 0.25) is 0 Å². The number of anilines is 1. The second kappa shape index (κ2) is 2.59. The Morgan fingerprint density at radius 3 is 3.17 bits per heavy atom. The zero-order valence-corrected chi connectivity index (χ0v) is 6.95. The first-order valence-corrected chi connectivity index (χ1v) is 3.94. The van der Waals surface area contributed by atoms with E-state index in [4.69, 9.17) is 4.74 Å². The van der Waals surface area contributed by atoms with Crippen molar-refractivity contribution in [2.45, 2.75) is 0 Å². The SMILES string of the molecule is CN1CCOc2cc(O)ccc21. The fourth-order valence-corrected chi connectivity index (χ4v) is 1.35. The normalized spacial score (nSPS) is 15.2. The predicted octanol–water partition coefficient (Wildman–Crippen LogP) is 1.22. The van der Waals surface area contributed by atoms with Crippen molar-refractivity contribution < 1.29 is 9.84 Å². The van der Waals surface area contributed by atoms with E-state index in [0.717, 1.165) is 18.0 Å². The van der Waals surface area contributed by atoms with Gasteiger partial charge in [-0.1, -0.05) is 0 Å².